The first kappa shape index (κ1) is 10.6. The molecule has 74 valence electrons. The molecule has 0 aliphatic rings. The number of hydrogen-bond acceptors (Lipinski definition) is 4. The van der Waals surface area contributed by atoms with Crippen molar-refractivity contribution in [2.45, 2.75) is 6.42 Å². The van der Waals surface area contributed by atoms with Crippen molar-refractivity contribution < 1.29 is 4.92 Å². The van der Waals surface area contributed by atoms with Gasteiger partial charge in [0, 0.05) is 11.8 Å². The zero-order valence-corrected chi connectivity index (χ0v) is 7.73. The van der Waals surface area contributed by atoms with E-state index in [-0.39, 0.29) is 17.7 Å². The highest BCUT2D eigenvalue weighted by Gasteiger charge is 2.11. The third-order valence-corrected chi connectivity index (χ3v) is 1.61. The van der Waals surface area contributed by atoms with Gasteiger partial charge in [0.15, 0.2) is 0 Å². The second-order valence-electron chi connectivity index (χ2n) is 2.67. The van der Waals surface area contributed by atoms with Gasteiger partial charge in [-0.25, -0.2) is 0 Å². The summed E-state index contributed by atoms with van der Waals surface area (Å²) in [5.41, 5.74) is 5.86. The van der Waals surface area contributed by atoms with Crippen LogP contribution in [0, 0.1) is 33.3 Å². The summed E-state index contributed by atoms with van der Waals surface area (Å²) in [6.07, 6.45) is 0.0432. The third kappa shape index (κ3) is 2.71. The van der Waals surface area contributed by atoms with E-state index < -0.39 is 4.92 Å². The Morgan fingerprint density at radius 1 is 1.53 bits per heavy atom. The number of nitrogens with two attached hydrogens (primary N) is 1. The van der Waals surface area contributed by atoms with Gasteiger partial charge < -0.3 is 5.73 Å². The fourth-order valence-corrected chi connectivity index (χ4v) is 0.984. The molecule has 1 rings (SSSR count). The second kappa shape index (κ2) is 4.64. The molecule has 0 aromatic heterocycles. The van der Waals surface area contributed by atoms with Gasteiger partial charge in [0.2, 0.25) is 0 Å². The van der Waals surface area contributed by atoms with E-state index in [4.69, 9.17) is 11.0 Å². The van der Waals surface area contributed by atoms with Gasteiger partial charge in [-0.1, -0.05) is 11.8 Å². The Morgan fingerprint density at radius 2 is 2.27 bits per heavy atom. The molecule has 0 amide bonds. The zero-order valence-electron chi connectivity index (χ0n) is 7.73. The Morgan fingerprint density at radius 3 is 2.87 bits per heavy atom. The molecule has 5 nitrogen and oxygen atoms in total. The molecule has 0 unspecified atom stereocenters. The number of nitro groups is 1. The molecule has 15 heavy (non-hydrogen) atoms. The largest absolute Gasteiger partial charge is 0.399 e. The van der Waals surface area contributed by atoms with E-state index in [0.717, 1.165) is 0 Å². The molecule has 1 aromatic rings. The Kier molecular flexibility index (Phi) is 3.26. The molecule has 0 heterocycles. The quantitative estimate of drug-likeness (QED) is 0.322. The van der Waals surface area contributed by atoms with Crippen LogP contribution in [0.4, 0.5) is 11.4 Å². The van der Waals surface area contributed by atoms with Crippen LogP contribution >= 0.6 is 0 Å². The molecule has 0 saturated carbocycles. The zero-order chi connectivity index (χ0) is 11.3. The summed E-state index contributed by atoms with van der Waals surface area (Å²) in [5, 5.41) is 18.9. The van der Waals surface area contributed by atoms with Crippen LogP contribution < -0.4 is 5.73 Å². The minimum absolute atomic E-state index is 0.0432. The van der Waals surface area contributed by atoms with E-state index in [9.17, 15) is 10.1 Å². The van der Waals surface area contributed by atoms with Gasteiger partial charge in [-0.2, -0.15) is 5.26 Å². The molecule has 0 fully saturated rings. The lowest BCUT2D eigenvalue weighted by Gasteiger charge is -1.96. The fraction of sp³-hybridized carbons (Fsp3) is 0.100. The predicted molar refractivity (Wildman–Crippen MR) is 54.6 cm³/mol. The minimum Gasteiger partial charge on any atom is -0.399 e. The van der Waals surface area contributed by atoms with Crippen molar-refractivity contribution >= 4 is 11.4 Å². The van der Waals surface area contributed by atoms with Crippen LogP contribution in [0.25, 0.3) is 0 Å². The Hall–Kier alpha value is -2.53. The second-order valence-corrected chi connectivity index (χ2v) is 2.67. The van der Waals surface area contributed by atoms with Gasteiger partial charge in [-0.05, 0) is 12.1 Å². The highest BCUT2D eigenvalue weighted by molar-refractivity contribution is 5.58. The van der Waals surface area contributed by atoms with Crippen molar-refractivity contribution in [2.75, 3.05) is 5.73 Å². The van der Waals surface area contributed by atoms with Crippen LogP contribution in [0.15, 0.2) is 18.2 Å². The molecule has 0 aliphatic carbocycles. The molecular weight excluding hydrogens is 194 g/mol. The van der Waals surface area contributed by atoms with Crippen LogP contribution in [-0.4, -0.2) is 4.92 Å². The molecule has 0 atom stereocenters. The van der Waals surface area contributed by atoms with Crippen molar-refractivity contribution in [3.8, 4) is 17.9 Å². The first-order valence-electron chi connectivity index (χ1n) is 4.05. The summed E-state index contributed by atoms with van der Waals surface area (Å²) in [6, 6.07) is 6.08. The number of benzene rings is 1. The highest BCUT2D eigenvalue weighted by atomic mass is 16.6. The lowest BCUT2D eigenvalue weighted by Crippen LogP contribution is -1.94. The van der Waals surface area contributed by atoms with Gasteiger partial charge in [0.05, 0.1) is 17.4 Å². The van der Waals surface area contributed by atoms with E-state index in [0.29, 0.717) is 5.69 Å². The summed E-state index contributed by atoms with van der Waals surface area (Å²) < 4.78 is 0. The fourth-order valence-electron chi connectivity index (χ4n) is 0.984. The van der Waals surface area contributed by atoms with Gasteiger partial charge >= 0.3 is 0 Å². The van der Waals surface area contributed by atoms with Crippen molar-refractivity contribution in [3.63, 3.8) is 0 Å². The molecule has 0 spiro atoms. The number of nitrogen functional groups attached to an aromatic ring is 1. The maximum absolute atomic E-state index is 10.6. The van der Waals surface area contributed by atoms with Crippen molar-refractivity contribution in [1.29, 1.82) is 5.26 Å². The standard InChI is InChI=1S/C10H7N3O2/c11-6-2-1-3-8-4-5-9(12)7-10(8)13(14)15/h4-5,7H,2,12H2. The summed E-state index contributed by atoms with van der Waals surface area (Å²) in [5.74, 6) is 5.06. The average molecular weight is 201 g/mol. The monoisotopic (exact) mass is 201 g/mol. The van der Waals surface area contributed by atoms with E-state index in [2.05, 4.69) is 11.8 Å². The number of hydrogen-bond donors (Lipinski definition) is 1. The molecule has 1 aromatic carbocycles. The number of nitriles is 1. The van der Waals surface area contributed by atoms with Gasteiger partial charge in [-0.3, -0.25) is 10.1 Å². The maximum atomic E-state index is 10.6. The molecule has 2 N–H and O–H groups in total. The normalized spacial score (nSPS) is 8.47. The van der Waals surface area contributed by atoms with E-state index in [1.54, 1.807) is 0 Å². The van der Waals surface area contributed by atoms with Crippen molar-refractivity contribution in [2.24, 2.45) is 0 Å². The van der Waals surface area contributed by atoms with Crippen LogP contribution in [0.3, 0.4) is 0 Å². The highest BCUT2D eigenvalue weighted by Crippen LogP contribution is 2.20. The van der Waals surface area contributed by atoms with Crippen LogP contribution in [0.1, 0.15) is 12.0 Å². The number of nitro benzene ring substituents is 1. The average Bonchev–Trinajstić information content (AvgIpc) is 2.20. The van der Waals surface area contributed by atoms with E-state index in [1.165, 1.54) is 18.2 Å². The maximum Gasteiger partial charge on any atom is 0.286 e. The molecule has 5 heteroatoms. The number of anilines is 1. The van der Waals surface area contributed by atoms with Gasteiger partial charge in [0.25, 0.3) is 5.69 Å². The minimum atomic E-state index is -0.549. The van der Waals surface area contributed by atoms with Crippen molar-refractivity contribution in [3.05, 3.63) is 33.9 Å². The number of nitrogens with zero attached hydrogens (tertiary/aromatic N) is 2. The topological polar surface area (TPSA) is 93.0 Å². The molecule has 0 bridgehead atoms. The van der Waals surface area contributed by atoms with Gasteiger partial charge in [-0.15, -0.1) is 0 Å². The lowest BCUT2D eigenvalue weighted by atomic mass is 10.1. The predicted octanol–water partition coefficient (Wildman–Crippen LogP) is 1.44. The van der Waals surface area contributed by atoms with E-state index in [1.807, 2.05) is 6.07 Å². The molecule has 0 aliphatic heterocycles. The first-order valence-corrected chi connectivity index (χ1v) is 4.05. The van der Waals surface area contributed by atoms with Crippen LogP contribution in [0.5, 0.6) is 0 Å². The first-order chi connectivity index (χ1) is 7.15. The summed E-state index contributed by atoms with van der Waals surface area (Å²) in [7, 11) is 0. The smallest absolute Gasteiger partial charge is 0.286 e. The SMILES string of the molecule is N#CCC#Cc1ccc(N)cc1[N+](=O)[O-]. The summed E-state index contributed by atoms with van der Waals surface area (Å²) in [4.78, 5) is 10.1. The number of rotatable bonds is 1. The summed E-state index contributed by atoms with van der Waals surface area (Å²) in [6.45, 7) is 0. The third-order valence-electron chi connectivity index (χ3n) is 1.61. The lowest BCUT2D eigenvalue weighted by molar-refractivity contribution is -0.385. The molecular formula is C10H7N3O2. The van der Waals surface area contributed by atoms with Crippen LogP contribution in [-0.2, 0) is 0 Å². The Labute approximate surface area is 86.3 Å². The van der Waals surface area contributed by atoms with Crippen LogP contribution in [0.2, 0.25) is 0 Å². The summed E-state index contributed by atoms with van der Waals surface area (Å²) >= 11 is 0. The Balaban J connectivity index is 3.15. The molecule has 0 saturated heterocycles. The van der Waals surface area contributed by atoms with E-state index >= 15 is 0 Å². The Bertz CT molecular complexity index is 492. The molecule has 0 radical (unpaired) electrons. The van der Waals surface area contributed by atoms with Crippen molar-refractivity contribution in [1.82, 2.24) is 0 Å². The van der Waals surface area contributed by atoms with Gasteiger partial charge in [0.1, 0.15) is 5.56 Å².